The van der Waals surface area contributed by atoms with Crippen LogP contribution in [0.2, 0.25) is 0 Å². The van der Waals surface area contributed by atoms with Gasteiger partial charge in [0.15, 0.2) is 0 Å². The maximum atomic E-state index is 11.7. The number of likely N-dealkylation sites (tertiary alicyclic amines) is 1. The highest BCUT2D eigenvalue weighted by Crippen LogP contribution is 2.19. The Morgan fingerprint density at radius 2 is 2.04 bits per heavy atom. The molecule has 1 aliphatic heterocycles. The lowest BCUT2D eigenvalue weighted by Crippen LogP contribution is -2.38. The number of hydrogen-bond acceptors (Lipinski definition) is 6. The zero-order valence-corrected chi connectivity index (χ0v) is 15.7. The predicted octanol–water partition coefficient (Wildman–Crippen LogP) is 0.570. The van der Waals surface area contributed by atoms with Gasteiger partial charge in [-0.05, 0) is 24.3 Å². The first kappa shape index (κ1) is 18.8. The fourth-order valence-electron chi connectivity index (χ4n) is 3.26. The minimum atomic E-state index is -0.558. The van der Waals surface area contributed by atoms with Crippen molar-refractivity contribution >= 4 is 17.6 Å². The van der Waals surface area contributed by atoms with Crippen LogP contribution in [0.4, 0.5) is 5.82 Å². The van der Waals surface area contributed by atoms with Crippen LogP contribution in [0.25, 0.3) is 0 Å². The van der Waals surface area contributed by atoms with Crippen molar-refractivity contribution in [3.05, 3.63) is 35.5 Å². The van der Waals surface area contributed by atoms with Gasteiger partial charge >= 0.3 is 0 Å². The normalized spacial score (nSPS) is 15.0. The number of rotatable bonds is 6. The Labute approximate surface area is 158 Å². The van der Waals surface area contributed by atoms with Gasteiger partial charge in [0.1, 0.15) is 11.6 Å². The van der Waals surface area contributed by atoms with E-state index in [1.54, 1.807) is 17.8 Å². The molecular weight excluding hydrogens is 346 g/mol. The van der Waals surface area contributed by atoms with Crippen LogP contribution in [0.5, 0.6) is 0 Å². The van der Waals surface area contributed by atoms with E-state index in [1.165, 1.54) is 6.20 Å². The quantitative estimate of drug-likeness (QED) is 0.766. The molecule has 0 aliphatic carbocycles. The maximum absolute atomic E-state index is 11.7. The number of nitrogens with two attached hydrogens (primary N) is 1. The lowest BCUT2D eigenvalue weighted by molar-refractivity contribution is -0.130. The van der Waals surface area contributed by atoms with Gasteiger partial charge in [-0.25, -0.2) is 9.97 Å². The standard InChI is InChI=1S/C18H25N7O2/c1-12(26)25-5-3-13(4-6-25)8-21-18-15(17(19)27)10-20-16(23-18)7-14-9-22-24(2)11-14/h9-11,13H,3-8H2,1-2H3,(H2,19,27)(H,20,21,23). The van der Waals surface area contributed by atoms with Crippen LogP contribution in [0, 0.1) is 5.92 Å². The van der Waals surface area contributed by atoms with Crippen molar-refractivity contribution in [1.29, 1.82) is 0 Å². The summed E-state index contributed by atoms with van der Waals surface area (Å²) in [7, 11) is 1.85. The minimum absolute atomic E-state index is 0.119. The second kappa shape index (κ2) is 8.15. The highest BCUT2D eigenvalue weighted by atomic mass is 16.2. The largest absolute Gasteiger partial charge is 0.369 e. The second-order valence-corrected chi connectivity index (χ2v) is 6.94. The van der Waals surface area contributed by atoms with Crippen LogP contribution >= 0.6 is 0 Å². The third-order valence-corrected chi connectivity index (χ3v) is 4.84. The fraction of sp³-hybridized carbons (Fsp3) is 0.500. The Balaban J connectivity index is 1.66. The van der Waals surface area contributed by atoms with Crippen LogP contribution < -0.4 is 11.1 Å². The molecule has 3 rings (SSSR count). The van der Waals surface area contributed by atoms with Gasteiger partial charge in [-0.2, -0.15) is 5.10 Å². The first-order chi connectivity index (χ1) is 12.9. The van der Waals surface area contributed by atoms with E-state index in [0.29, 0.717) is 30.5 Å². The molecule has 9 nitrogen and oxygen atoms in total. The smallest absolute Gasteiger partial charge is 0.254 e. The molecule has 1 saturated heterocycles. The summed E-state index contributed by atoms with van der Waals surface area (Å²) in [4.78, 5) is 33.8. The highest BCUT2D eigenvalue weighted by Gasteiger charge is 2.21. The van der Waals surface area contributed by atoms with E-state index < -0.39 is 5.91 Å². The van der Waals surface area contributed by atoms with Gasteiger partial charge in [0.05, 0.1) is 11.8 Å². The number of piperidine rings is 1. The summed E-state index contributed by atoms with van der Waals surface area (Å²) in [5.74, 6) is 1.04. The summed E-state index contributed by atoms with van der Waals surface area (Å²) in [6.45, 7) is 3.80. The SMILES string of the molecule is CC(=O)N1CCC(CNc2nc(Cc3cnn(C)c3)ncc2C(N)=O)CC1. The molecule has 1 aliphatic rings. The molecule has 0 radical (unpaired) electrons. The molecule has 0 saturated carbocycles. The molecule has 1 fully saturated rings. The number of nitrogens with one attached hydrogen (secondary N) is 1. The van der Waals surface area contributed by atoms with E-state index in [1.807, 2.05) is 18.1 Å². The molecule has 9 heteroatoms. The van der Waals surface area contributed by atoms with Gasteiger partial charge in [-0.1, -0.05) is 0 Å². The van der Waals surface area contributed by atoms with Crippen molar-refractivity contribution < 1.29 is 9.59 Å². The van der Waals surface area contributed by atoms with Crippen LogP contribution in [0.1, 0.15) is 41.5 Å². The molecule has 0 bridgehead atoms. The average molecular weight is 371 g/mol. The Bertz CT molecular complexity index is 825. The number of aryl methyl sites for hydroxylation is 1. The lowest BCUT2D eigenvalue weighted by Gasteiger charge is -2.31. The maximum Gasteiger partial charge on any atom is 0.254 e. The topological polar surface area (TPSA) is 119 Å². The first-order valence-corrected chi connectivity index (χ1v) is 9.05. The van der Waals surface area contributed by atoms with Gasteiger partial charge in [0.2, 0.25) is 5.91 Å². The number of aromatic nitrogens is 4. The zero-order chi connectivity index (χ0) is 19.4. The summed E-state index contributed by atoms with van der Waals surface area (Å²) in [5.41, 5.74) is 6.74. The van der Waals surface area contributed by atoms with E-state index in [2.05, 4.69) is 20.4 Å². The average Bonchev–Trinajstić information content (AvgIpc) is 3.05. The summed E-state index contributed by atoms with van der Waals surface area (Å²) < 4.78 is 1.72. The third-order valence-electron chi connectivity index (χ3n) is 4.84. The monoisotopic (exact) mass is 371 g/mol. The Morgan fingerprint density at radius 3 is 2.63 bits per heavy atom. The summed E-state index contributed by atoms with van der Waals surface area (Å²) in [6.07, 6.45) is 7.51. The minimum Gasteiger partial charge on any atom is -0.369 e. The Hall–Kier alpha value is -2.97. The van der Waals surface area contributed by atoms with Gasteiger partial charge < -0.3 is 16.0 Å². The van der Waals surface area contributed by atoms with Gasteiger partial charge in [0.25, 0.3) is 5.91 Å². The van der Waals surface area contributed by atoms with Gasteiger partial charge in [0, 0.05) is 52.4 Å². The van der Waals surface area contributed by atoms with Crippen molar-refractivity contribution in [3.8, 4) is 0 Å². The number of carbonyl (C=O) groups is 2. The van der Waals surface area contributed by atoms with Gasteiger partial charge in [-0.15, -0.1) is 0 Å². The second-order valence-electron chi connectivity index (χ2n) is 6.94. The number of hydrogen-bond donors (Lipinski definition) is 2. The molecule has 3 heterocycles. The highest BCUT2D eigenvalue weighted by molar-refractivity contribution is 5.97. The van der Waals surface area contributed by atoms with Crippen molar-refractivity contribution in [2.75, 3.05) is 25.0 Å². The number of primary amides is 1. The van der Waals surface area contributed by atoms with Crippen molar-refractivity contribution in [2.24, 2.45) is 18.7 Å². The first-order valence-electron chi connectivity index (χ1n) is 9.05. The molecule has 27 heavy (non-hydrogen) atoms. The van der Waals surface area contributed by atoms with Crippen molar-refractivity contribution in [3.63, 3.8) is 0 Å². The van der Waals surface area contributed by atoms with Crippen molar-refractivity contribution in [2.45, 2.75) is 26.2 Å². The fourth-order valence-corrected chi connectivity index (χ4v) is 3.26. The summed E-state index contributed by atoms with van der Waals surface area (Å²) in [6, 6.07) is 0. The van der Waals surface area contributed by atoms with E-state index in [4.69, 9.17) is 5.73 Å². The predicted molar refractivity (Wildman–Crippen MR) is 100 cm³/mol. The molecule has 144 valence electrons. The lowest BCUT2D eigenvalue weighted by atomic mass is 9.96. The molecule has 0 spiro atoms. The number of amides is 2. The molecule has 0 atom stereocenters. The van der Waals surface area contributed by atoms with Crippen LogP contribution in [0.15, 0.2) is 18.6 Å². The van der Waals surface area contributed by atoms with E-state index in [0.717, 1.165) is 31.5 Å². The summed E-state index contributed by atoms with van der Waals surface area (Å²) in [5, 5.41) is 7.40. The molecule has 3 N–H and O–H groups in total. The Kier molecular flexibility index (Phi) is 5.68. The molecular formula is C18H25N7O2. The van der Waals surface area contributed by atoms with E-state index >= 15 is 0 Å². The molecule has 0 unspecified atom stereocenters. The number of anilines is 1. The third kappa shape index (κ3) is 4.81. The van der Waals surface area contributed by atoms with Gasteiger partial charge in [-0.3, -0.25) is 14.3 Å². The summed E-state index contributed by atoms with van der Waals surface area (Å²) >= 11 is 0. The molecule has 2 amide bonds. The zero-order valence-electron chi connectivity index (χ0n) is 15.7. The van der Waals surface area contributed by atoms with E-state index in [9.17, 15) is 9.59 Å². The van der Waals surface area contributed by atoms with Crippen molar-refractivity contribution in [1.82, 2.24) is 24.6 Å². The molecule has 0 aromatic carbocycles. The van der Waals surface area contributed by atoms with Crippen LogP contribution in [0.3, 0.4) is 0 Å². The molecule has 2 aromatic heterocycles. The Morgan fingerprint density at radius 1 is 1.30 bits per heavy atom. The van der Waals surface area contributed by atoms with E-state index in [-0.39, 0.29) is 11.5 Å². The van der Waals surface area contributed by atoms with Crippen LogP contribution in [-0.4, -0.2) is 56.1 Å². The molecule has 2 aromatic rings. The number of nitrogens with zero attached hydrogens (tertiary/aromatic N) is 5. The number of carbonyl (C=O) groups excluding carboxylic acids is 2. The van der Waals surface area contributed by atoms with Crippen LogP contribution in [-0.2, 0) is 18.3 Å².